The number of carbonyl (C=O) groups excluding carboxylic acids is 4. The highest BCUT2D eigenvalue weighted by Gasteiger charge is 2.28. The van der Waals surface area contributed by atoms with E-state index in [9.17, 15) is 24.3 Å². The molecule has 0 spiro atoms. The molecule has 204 valence electrons. The van der Waals surface area contributed by atoms with Crippen LogP contribution in [-0.4, -0.2) is 104 Å². The lowest BCUT2D eigenvalue weighted by Crippen LogP contribution is -2.53. The van der Waals surface area contributed by atoms with Crippen molar-refractivity contribution in [2.24, 2.45) is 0 Å². The summed E-state index contributed by atoms with van der Waals surface area (Å²) in [6.45, 7) is 5.77. The van der Waals surface area contributed by atoms with Crippen molar-refractivity contribution in [2.75, 3.05) is 52.5 Å². The summed E-state index contributed by atoms with van der Waals surface area (Å²) in [4.78, 5) is 53.4. The van der Waals surface area contributed by atoms with Crippen LogP contribution in [0, 0.1) is 0 Å². The molecule has 1 fully saturated rings. The van der Waals surface area contributed by atoms with Gasteiger partial charge in [0, 0.05) is 39.1 Å². The van der Waals surface area contributed by atoms with Crippen molar-refractivity contribution in [3.8, 4) is 5.75 Å². The van der Waals surface area contributed by atoms with Crippen molar-refractivity contribution in [1.29, 1.82) is 0 Å². The van der Waals surface area contributed by atoms with Crippen LogP contribution in [0.2, 0.25) is 0 Å². The third-order valence-electron chi connectivity index (χ3n) is 6.20. The molecule has 1 unspecified atom stereocenters. The minimum atomic E-state index is -1.14. The van der Waals surface area contributed by atoms with Crippen LogP contribution in [0.1, 0.15) is 36.5 Å². The summed E-state index contributed by atoms with van der Waals surface area (Å²) in [6, 6.07) is 4.55. The number of amides is 4. The molecule has 37 heavy (non-hydrogen) atoms. The number of fused-ring (bicyclic) bond motifs is 1. The van der Waals surface area contributed by atoms with Gasteiger partial charge in [0.1, 0.15) is 17.8 Å². The molecule has 4 amide bonds. The summed E-state index contributed by atoms with van der Waals surface area (Å²) in [7, 11) is 0. The van der Waals surface area contributed by atoms with Crippen molar-refractivity contribution in [3.63, 3.8) is 0 Å². The first-order chi connectivity index (χ1) is 17.8. The smallest absolute Gasteiger partial charge is 0.255 e. The maximum Gasteiger partial charge on any atom is 0.255 e. The van der Waals surface area contributed by atoms with Crippen LogP contribution in [-0.2, 0) is 19.1 Å². The highest BCUT2D eigenvalue weighted by molar-refractivity contribution is 5.99. The van der Waals surface area contributed by atoms with Crippen molar-refractivity contribution in [2.45, 2.75) is 44.4 Å². The van der Waals surface area contributed by atoms with Crippen LogP contribution in [0.5, 0.6) is 5.75 Å². The topological polar surface area (TPSA) is 158 Å². The van der Waals surface area contributed by atoms with Crippen LogP contribution in [0.3, 0.4) is 0 Å². The third kappa shape index (κ3) is 8.99. The molecule has 0 radical (unpaired) electrons. The van der Waals surface area contributed by atoms with Crippen LogP contribution in [0.4, 0.5) is 0 Å². The lowest BCUT2D eigenvalue weighted by molar-refractivity contribution is -0.132. The Hall–Kier alpha value is -3.22. The van der Waals surface area contributed by atoms with E-state index in [4.69, 9.17) is 9.47 Å². The maximum atomic E-state index is 13.1. The monoisotopic (exact) mass is 519 g/mol. The molecule has 2 aliphatic heterocycles. The van der Waals surface area contributed by atoms with E-state index in [1.165, 1.54) is 6.92 Å². The third-order valence-corrected chi connectivity index (χ3v) is 6.20. The number of hydrogen-bond donors (Lipinski definition) is 5. The average molecular weight is 520 g/mol. The largest absolute Gasteiger partial charge is 0.493 e. The van der Waals surface area contributed by atoms with Gasteiger partial charge in [-0.05, 0) is 31.9 Å². The number of carbonyl (C=O) groups is 4. The fourth-order valence-corrected chi connectivity index (χ4v) is 4.07. The fraction of sp³-hybridized carbons (Fsp3) is 0.600. The van der Waals surface area contributed by atoms with Crippen LogP contribution < -0.4 is 26.0 Å². The van der Waals surface area contributed by atoms with Crippen molar-refractivity contribution in [1.82, 2.24) is 26.2 Å². The first-order valence-corrected chi connectivity index (χ1v) is 12.7. The van der Waals surface area contributed by atoms with Gasteiger partial charge in [-0.2, -0.15) is 0 Å². The molecule has 0 aliphatic carbocycles. The van der Waals surface area contributed by atoms with Gasteiger partial charge in [-0.1, -0.05) is 12.1 Å². The minimum absolute atomic E-state index is 0.00185. The summed E-state index contributed by atoms with van der Waals surface area (Å²) < 4.78 is 11.1. The first-order valence-electron chi connectivity index (χ1n) is 12.7. The zero-order chi connectivity index (χ0) is 26.6. The van der Waals surface area contributed by atoms with Gasteiger partial charge in [0.2, 0.25) is 17.7 Å². The Bertz CT molecular complexity index is 936. The summed E-state index contributed by atoms with van der Waals surface area (Å²) in [5, 5.41) is 20.8. The van der Waals surface area contributed by atoms with E-state index in [-0.39, 0.29) is 31.6 Å². The zero-order valence-corrected chi connectivity index (χ0v) is 21.2. The Morgan fingerprint density at radius 1 is 1.16 bits per heavy atom. The van der Waals surface area contributed by atoms with Gasteiger partial charge in [0.25, 0.3) is 5.91 Å². The Morgan fingerprint density at radius 3 is 2.68 bits per heavy atom. The number of nitrogens with one attached hydrogen (secondary N) is 4. The van der Waals surface area contributed by atoms with Crippen molar-refractivity contribution in [3.05, 3.63) is 29.8 Å². The number of para-hydroxylation sites is 1. The quantitative estimate of drug-likeness (QED) is 0.324. The first kappa shape index (κ1) is 28.4. The second kappa shape index (κ2) is 14.5. The van der Waals surface area contributed by atoms with E-state index >= 15 is 0 Å². The highest BCUT2D eigenvalue weighted by Crippen LogP contribution is 2.18. The van der Waals surface area contributed by atoms with Crippen LogP contribution in [0.15, 0.2) is 24.3 Å². The van der Waals surface area contributed by atoms with E-state index in [1.807, 2.05) is 0 Å². The number of aliphatic hydroxyl groups is 1. The van der Waals surface area contributed by atoms with Crippen LogP contribution >= 0.6 is 0 Å². The minimum Gasteiger partial charge on any atom is -0.493 e. The number of hydrogen-bond acceptors (Lipinski definition) is 8. The normalized spacial score (nSPS) is 23.5. The van der Waals surface area contributed by atoms with E-state index < -0.39 is 41.8 Å². The molecule has 12 nitrogen and oxygen atoms in total. The van der Waals surface area contributed by atoms with Gasteiger partial charge in [0.15, 0.2) is 0 Å². The molecular weight excluding hydrogens is 482 g/mol. The standard InChI is InChI=1S/C25H37N5O7/c1-17(31)22-25(35)26-9-4-14-37-20-6-3-2-5-18(20)23(33)28-19(7-8-21(32)29-22)24(34)27-10-11-30-12-15-36-16-13-30/h2-3,5-6,17,19,22,31H,4,7-16H2,1H3,(H,26,35)(H,27,34)(H,28,33)(H,29,32)/t17-,19+,22?/m1/s1. The molecule has 0 bridgehead atoms. The van der Waals surface area contributed by atoms with E-state index in [0.717, 1.165) is 13.1 Å². The van der Waals surface area contributed by atoms with Crippen molar-refractivity contribution >= 4 is 23.6 Å². The van der Waals surface area contributed by atoms with Gasteiger partial charge < -0.3 is 35.8 Å². The van der Waals surface area contributed by atoms with Gasteiger partial charge in [0.05, 0.1) is 31.5 Å². The van der Waals surface area contributed by atoms with Crippen LogP contribution in [0.25, 0.3) is 0 Å². The van der Waals surface area contributed by atoms with Crippen molar-refractivity contribution < 1.29 is 33.8 Å². The molecule has 1 aromatic rings. The lowest BCUT2D eigenvalue weighted by atomic mass is 10.1. The maximum absolute atomic E-state index is 13.1. The second-order valence-corrected chi connectivity index (χ2v) is 9.08. The predicted octanol–water partition coefficient (Wildman–Crippen LogP) is -1.22. The number of nitrogens with zero attached hydrogens (tertiary/aromatic N) is 1. The Balaban J connectivity index is 1.73. The number of morpholine rings is 1. The number of benzene rings is 1. The van der Waals surface area contributed by atoms with Gasteiger partial charge >= 0.3 is 0 Å². The Kier molecular flexibility index (Phi) is 11.1. The summed E-state index contributed by atoms with van der Waals surface area (Å²) in [5.41, 5.74) is 0.267. The van der Waals surface area contributed by atoms with Gasteiger partial charge in [-0.15, -0.1) is 0 Å². The Labute approximate surface area is 216 Å². The second-order valence-electron chi connectivity index (χ2n) is 9.08. The SMILES string of the molecule is C[C@@H](O)C1NC(=O)CC[C@@H](C(=O)NCCN2CCOCC2)NC(=O)c2ccccc2OCCCNC1=O. The van der Waals surface area contributed by atoms with Gasteiger partial charge in [-0.25, -0.2) is 0 Å². The fourth-order valence-electron chi connectivity index (χ4n) is 4.07. The molecule has 2 heterocycles. The molecular formula is C25H37N5O7. The molecule has 0 aromatic heterocycles. The molecule has 0 saturated carbocycles. The van der Waals surface area contributed by atoms with E-state index in [0.29, 0.717) is 38.5 Å². The summed E-state index contributed by atoms with van der Waals surface area (Å²) in [5.74, 6) is -1.59. The van der Waals surface area contributed by atoms with Gasteiger partial charge in [-0.3, -0.25) is 24.1 Å². The van der Waals surface area contributed by atoms with E-state index in [2.05, 4.69) is 26.2 Å². The van der Waals surface area contributed by atoms with E-state index in [1.54, 1.807) is 24.3 Å². The molecule has 1 saturated heterocycles. The molecule has 3 atom stereocenters. The molecule has 12 heteroatoms. The lowest BCUT2D eigenvalue weighted by Gasteiger charge is -2.27. The predicted molar refractivity (Wildman–Crippen MR) is 134 cm³/mol. The summed E-state index contributed by atoms with van der Waals surface area (Å²) >= 11 is 0. The zero-order valence-electron chi connectivity index (χ0n) is 21.2. The molecule has 3 rings (SSSR count). The highest BCUT2D eigenvalue weighted by atomic mass is 16.5. The molecule has 2 aliphatic rings. The Morgan fingerprint density at radius 2 is 1.92 bits per heavy atom. The molecule has 1 aromatic carbocycles. The number of rotatable bonds is 5. The average Bonchev–Trinajstić information content (AvgIpc) is 2.89. The summed E-state index contributed by atoms with van der Waals surface area (Å²) in [6.07, 6.45) is -0.824. The number of ether oxygens (including phenoxy) is 2. The number of aliphatic hydroxyl groups excluding tert-OH is 1. The molecule has 5 N–H and O–H groups in total.